The second kappa shape index (κ2) is 7.17. The number of aromatic hydroxyl groups is 1. The van der Waals surface area contributed by atoms with Crippen molar-refractivity contribution in [3.8, 4) is 5.75 Å². The maximum Gasteiger partial charge on any atom is 0.253 e. The molecule has 1 aliphatic rings. The van der Waals surface area contributed by atoms with Crippen LogP contribution >= 0.6 is 0 Å². The average molecular weight is 324 g/mol. The molecule has 0 saturated carbocycles. The molecule has 124 valence electrons. The molecule has 24 heavy (non-hydrogen) atoms. The molecule has 2 amide bonds. The Balaban J connectivity index is 1.58. The van der Waals surface area contributed by atoms with Crippen LogP contribution in [0.2, 0.25) is 0 Å². The van der Waals surface area contributed by atoms with Crippen molar-refractivity contribution >= 4 is 17.5 Å². The van der Waals surface area contributed by atoms with Gasteiger partial charge in [0.05, 0.1) is 6.42 Å². The van der Waals surface area contributed by atoms with E-state index in [0.29, 0.717) is 11.3 Å². The summed E-state index contributed by atoms with van der Waals surface area (Å²) in [6.07, 6.45) is 2.36. The van der Waals surface area contributed by atoms with Crippen LogP contribution in [-0.2, 0) is 11.2 Å². The van der Waals surface area contributed by atoms with Gasteiger partial charge in [-0.1, -0.05) is 12.1 Å². The van der Waals surface area contributed by atoms with Gasteiger partial charge in [-0.25, -0.2) is 0 Å². The molecule has 5 heteroatoms. The molecule has 1 saturated heterocycles. The first kappa shape index (κ1) is 16.1. The molecular formula is C19H20N2O3. The van der Waals surface area contributed by atoms with E-state index in [1.54, 1.807) is 48.5 Å². The number of carbonyl (C=O) groups excluding carboxylic acids is 2. The molecule has 1 fully saturated rings. The molecular weight excluding hydrogens is 304 g/mol. The van der Waals surface area contributed by atoms with Gasteiger partial charge in [-0.05, 0) is 54.8 Å². The van der Waals surface area contributed by atoms with Crippen LogP contribution in [0.3, 0.4) is 0 Å². The van der Waals surface area contributed by atoms with Crippen LogP contribution in [0.5, 0.6) is 5.75 Å². The van der Waals surface area contributed by atoms with Gasteiger partial charge in [0.25, 0.3) is 5.91 Å². The molecule has 2 N–H and O–H groups in total. The summed E-state index contributed by atoms with van der Waals surface area (Å²) in [5, 5.41) is 12.1. The number of rotatable bonds is 4. The summed E-state index contributed by atoms with van der Waals surface area (Å²) in [4.78, 5) is 26.2. The second-order valence-corrected chi connectivity index (χ2v) is 5.97. The number of phenolic OH excluding ortho intramolecular Hbond substituents is 1. The number of nitrogens with one attached hydrogen (secondary N) is 1. The van der Waals surface area contributed by atoms with Crippen molar-refractivity contribution in [3.63, 3.8) is 0 Å². The standard InChI is InChI=1S/C19H20N2O3/c22-17-9-3-14(4-10-17)13-18(23)20-16-7-5-15(6-8-16)19(24)21-11-1-2-12-21/h3-10,22H,1-2,11-13H2,(H,20,23). The smallest absolute Gasteiger partial charge is 0.253 e. The lowest BCUT2D eigenvalue weighted by molar-refractivity contribution is -0.115. The highest BCUT2D eigenvalue weighted by atomic mass is 16.3. The SMILES string of the molecule is O=C(Cc1ccc(O)cc1)Nc1ccc(C(=O)N2CCCC2)cc1. The van der Waals surface area contributed by atoms with Gasteiger partial charge in [-0.15, -0.1) is 0 Å². The Morgan fingerprint density at radius 2 is 1.58 bits per heavy atom. The van der Waals surface area contributed by atoms with Crippen LogP contribution in [0.25, 0.3) is 0 Å². The number of likely N-dealkylation sites (tertiary alicyclic amines) is 1. The van der Waals surface area contributed by atoms with Gasteiger partial charge in [-0.2, -0.15) is 0 Å². The molecule has 0 aromatic heterocycles. The van der Waals surface area contributed by atoms with E-state index in [0.717, 1.165) is 31.5 Å². The zero-order valence-corrected chi connectivity index (χ0v) is 13.4. The van der Waals surface area contributed by atoms with Crippen molar-refractivity contribution in [3.05, 3.63) is 59.7 Å². The topological polar surface area (TPSA) is 69.6 Å². The third-order valence-electron chi connectivity index (χ3n) is 4.11. The monoisotopic (exact) mass is 324 g/mol. The van der Waals surface area contributed by atoms with E-state index in [1.807, 2.05) is 4.90 Å². The highest BCUT2D eigenvalue weighted by molar-refractivity contribution is 5.96. The van der Waals surface area contributed by atoms with Crippen molar-refractivity contribution in [2.75, 3.05) is 18.4 Å². The Hall–Kier alpha value is -2.82. The van der Waals surface area contributed by atoms with Gasteiger partial charge in [0, 0.05) is 24.3 Å². The van der Waals surface area contributed by atoms with Crippen LogP contribution in [0.15, 0.2) is 48.5 Å². The Morgan fingerprint density at radius 1 is 0.958 bits per heavy atom. The van der Waals surface area contributed by atoms with Gasteiger partial charge >= 0.3 is 0 Å². The first-order valence-corrected chi connectivity index (χ1v) is 8.09. The first-order valence-electron chi connectivity index (χ1n) is 8.09. The van der Waals surface area contributed by atoms with E-state index in [1.165, 1.54) is 0 Å². The van der Waals surface area contributed by atoms with E-state index in [-0.39, 0.29) is 24.0 Å². The van der Waals surface area contributed by atoms with Gasteiger partial charge in [-0.3, -0.25) is 9.59 Å². The van der Waals surface area contributed by atoms with Gasteiger partial charge in [0.1, 0.15) is 5.75 Å². The summed E-state index contributed by atoms with van der Waals surface area (Å²) in [6, 6.07) is 13.5. The molecule has 0 spiro atoms. The van der Waals surface area contributed by atoms with E-state index in [9.17, 15) is 14.7 Å². The summed E-state index contributed by atoms with van der Waals surface area (Å²) < 4.78 is 0. The molecule has 0 atom stereocenters. The fourth-order valence-corrected chi connectivity index (χ4v) is 2.80. The van der Waals surface area contributed by atoms with E-state index in [2.05, 4.69) is 5.32 Å². The Bertz CT molecular complexity index is 717. The fraction of sp³-hybridized carbons (Fsp3) is 0.263. The molecule has 2 aromatic carbocycles. The summed E-state index contributed by atoms with van der Waals surface area (Å²) in [5.74, 6) is 0.0891. The second-order valence-electron chi connectivity index (χ2n) is 5.97. The molecule has 0 bridgehead atoms. The van der Waals surface area contributed by atoms with Crippen LogP contribution in [-0.4, -0.2) is 34.9 Å². The van der Waals surface area contributed by atoms with Crippen molar-refractivity contribution in [1.82, 2.24) is 4.90 Å². The zero-order chi connectivity index (χ0) is 16.9. The van der Waals surface area contributed by atoms with E-state index in [4.69, 9.17) is 0 Å². The number of amides is 2. The van der Waals surface area contributed by atoms with E-state index < -0.39 is 0 Å². The van der Waals surface area contributed by atoms with E-state index >= 15 is 0 Å². The average Bonchev–Trinajstić information content (AvgIpc) is 3.11. The van der Waals surface area contributed by atoms with Crippen LogP contribution < -0.4 is 5.32 Å². The number of phenols is 1. The molecule has 0 radical (unpaired) electrons. The maximum atomic E-state index is 12.3. The minimum atomic E-state index is -0.140. The lowest BCUT2D eigenvalue weighted by Gasteiger charge is -2.15. The van der Waals surface area contributed by atoms with Gasteiger partial charge in [0.15, 0.2) is 0 Å². The summed E-state index contributed by atoms with van der Waals surface area (Å²) in [5.41, 5.74) is 2.14. The molecule has 1 heterocycles. The Morgan fingerprint density at radius 3 is 2.21 bits per heavy atom. The van der Waals surface area contributed by atoms with Crippen molar-refractivity contribution in [2.24, 2.45) is 0 Å². The lowest BCUT2D eigenvalue weighted by atomic mass is 10.1. The molecule has 1 aliphatic heterocycles. The molecule has 0 aliphatic carbocycles. The summed E-state index contributed by atoms with van der Waals surface area (Å²) >= 11 is 0. The highest BCUT2D eigenvalue weighted by Crippen LogP contribution is 2.16. The predicted octanol–water partition coefficient (Wildman–Crippen LogP) is 2.81. The maximum absolute atomic E-state index is 12.3. The third kappa shape index (κ3) is 3.93. The molecule has 5 nitrogen and oxygen atoms in total. The highest BCUT2D eigenvalue weighted by Gasteiger charge is 2.19. The Kier molecular flexibility index (Phi) is 4.79. The number of nitrogens with zero attached hydrogens (tertiary/aromatic N) is 1. The fourth-order valence-electron chi connectivity index (χ4n) is 2.80. The van der Waals surface area contributed by atoms with Crippen molar-refractivity contribution in [1.29, 1.82) is 0 Å². The number of anilines is 1. The van der Waals surface area contributed by atoms with Crippen LogP contribution in [0, 0.1) is 0 Å². The molecule has 0 unspecified atom stereocenters. The predicted molar refractivity (Wildman–Crippen MR) is 92.0 cm³/mol. The van der Waals surface area contributed by atoms with Gasteiger partial charge in [0.2, 0.25) is 5.91 Å². The minimum Gasteiger partial charge on any atom is -0.508 e. The zero-order valence-electron chi connectivity index (χ0n) is 13.4. The minimum absolute atomic E-state index is 0.0504. The summed E-state index contributed by atoms with van der Waals surface area (Å²) in [6.45, 7) is 1.65. The number of hydrogen-bond acceptors (Lipinski definition) is 3. The number of hydrogen-bond donors (Lipinski definition) is 2. The van der Waals surface area contributed by atoms with Gasteiger partial charge < -0.3 is 15.3 Å². The van der Waals surface area contributed by atoms with Crippen LogP contribution in [0.4, 0.5) is 5.69 Å². The number of benzene rings is 2. The largest absolute Gasteiger partial charge is 0.508 e. The summed E-state index contributed by atoms with van der Waals surface area (Å²) in [7, 11) is 0. The molecule has 3 rings (SSSR count). The lowest BCUT2D eigenvalue weighted by Crippen LogP contribution is -2.27. The molecule has 2 aromatic rings. The van der Waals surface area contributed by atoms with Crippen molar-refractivity contribution < 1.29 is 14.7 Å². The first-order chi connectivity index (χ1) is 11.6. The third-order valence-corrected chi connectivity index (χ3v) is 4.11. The quantitative estimate of drug-likeness (QED) is 0.908. The normalized spacial score (nSPS) is 13.8. The number of carbonyl (C=O) groups is 2. The van der Waals surface area contributed by atoms with Crippen LogP contribution in [0.1, 0.15) is 28.8 Å². The van der Waals surface area contributed by atoms with Crippen molar-refractivity contribution in [2.45, 2.75) is 19.3 Å². The Labute approximate surface area is 140 Å².